The van der Waals surface area contributed by atoms with Crippen LogP contribution < -0.4 is 14.8 Å². The number of carbonyl (C=O) groups excluding carboxylic acids is 2. The highest BCUT2D eigenvalue weighted by Crippen LogP contribution is 2.30. The van der Waals surface area contributed by atoms with Gasteiger partial charge in [0, 0.05) is 12.1 Å². The van der Waals surface area contributed by atoms with E-state index in [-0.39, 0.29) is 6.61 Å². The summed E-state index contributed by atoms with van der Waals surface area (Å²) in [6, 6.07) is 12.2. The van der Waals surface area contributed by atoms with Gasteiger partial charge in [-0.1, -0.05) is 12.1 Å². The third kappa shape index (κ3) is 4.50. The maximum Gasteiger partial charge on any atom is 0.338 e. The number of fused-ring (bicyclic) bond motifs is 1. The van der Waals surface area contributed by atoms with E-state index in [0.29, 0.717) is 36.0 Å². The lowest BCUT2D eigenvalue weighted by Crippen LogP contribution is -2.21. The van der Waals surface area contributed by atoms with E-state index >= 15 is 0 Å². The van der Waals surface area contributed by atoms with Gasteiger partial charge >= 0.3 is 5.97 Å². The zero-order chi connectivity index (χ0) is 17.6. The third-order valence-corrected chi connectivity index (χ3v) is 3.62. The maximum atomic E-state index is 12.1. The summed E-state index contributed by atoms with van der Waals surface area (Å²) in [4.78, 5) is 24.0. The van der Waals surface area contributed by atoms with E-state index in [4.69, 9.17) is 14.2 Å². The van der Waals surface area contributed by atoms with Crippen molar-refractivity contribution in [1.82, 2.24) is 0 Å². The minimum Gasteiger partial charge on any atom is -0.490 e. The van der Waals surface area contributed by atoms with Crippen molar-refractivity contribution in [3.05, 3.63) is 53.6 Å². The normalized spacial score (nSPS) is 12.8. The number of nitrogens with one attached hydrogen (secondary N) is 1. The van der Waals surface area contributed by atoms with Crippen molar-refractivity contribution in [3.8, 4) is 11.5 Å². The second-order valence-electron chi connectivity index (χ2n) is 5.71. The monoisotopic (exact) mass is 341 g/mol. The molecule has 1 aliphatic heterocycles. The molecule has 0 saturated heterocycles. The number of esters is 1. The molecule has 25 heavy (non-hydrogen) atoms. The van der Waals surface area contributed by atoms with Gasteiger partial charge in [-0.25, -0.2) is 4.79 Å². The summed E-state index contributed by atoms with van der Waals surface area (Å²) < 4.78 is 16.1. The molecule has 6 heteroatoms. The van der Waals surface area contributed by atoms with Crippen LogP contribution in [0.3, 0.4) is 0 Å². The molecule has 0 unspecified atom stereocenters. The fraction of sp³-hybridized carbons (Fsp3) is 0.263. The van der Waals surface area contributed by atoms with Crippen LogP contribution in [0.1, 0.15) is 22.3 Å². The van der Waals surface area contributed by atoms with Crippen molar-refractivity contribution < 1.29 is 23.8 Å². The van der Waals surface area contributed by atoms with Crippen molar-refractivity contribution in [3.63, 3.8) is 0 Å². The van der Waals surface area contributed by atoms with E-state index < -0.39 is 11.9 Å². The van der Waals surface area contributed by atoms with Gasteiger partial charge in [0.25, 0.3) is 5.91 Å². The number of amides is 1. The van der Waals surface area contributed by atoms with Gasteiger partial charge in [-0.05, 0) is 42.8 Å². The van der Waals surface area contributed by atoms with Crippen LogP contribution in [-0.2, 0) is 9.53 Å². The molecule has 0 aromatic heterocycles. The molecule has 0 radical (unpaired) electrons. The van der Waals surface area contributed by atoms with Crippen LogP contribution in [-0.4, -0.2) is 31.7 Å². The average Bonchev–Trinajstić information content (AvgIpc) is 2.84. The fourth-order valence-corrected chi connectivity index (χ4v) is 2.42. The minimum absolute atomic E-state index is 0.313. The maximum absolute atomic E-state index is 12.1. The van der Waals surface area contributed by atoms with Gasteiger partial charge in [-0.15, -0.1) is 0 Å². The van der Waals surface area contributed by atoms with Gasteiger partial charge in [-0.2, -0.15) is 0 Å². The Bertz CT molecular complexity index is 787. The number of rotatable bonds is 4. The standard InChI is InChI=1S/C19H19NO5/c1-13-4-2-5-15(10-13)20-18(21)12-25-19(22)14-6-7-16-17(11-14)24-9-3-8-23-16/h2,4-7,10-11H,3,8-9,12H2,1H3,(H,20,21). The summed E-state index contributed by atoms with van der Waals surface area (Å²) in [6.07, 6.45) is 0.785. The Kier molecular flexibility index (Phi) is 5.18. The van der Waals surface area contributed by atoms with Crippen LogP contribution >= 0.6 is 0 Å². The smallest absolute Gasteiger partial charge is 0.338 e. The molecule has 0 fully saturated rings. The van der Waals surface area contributed by atoms with E-state index in [1.165, 1.54) is 0 Å². The molecule has 1 amide bonds. The zero-order valence-corrected chi connectivity index (χ0v) is 13.9. The minimum atomic E-state index is -0.588. The molecule has 1 heterocycles. The van der Waals surface area contributed by atoms with E-state index in [0.717, 1.165) is 12.0 Å². The first-order valence-electron chi connectivity index (χ1n) is 8.05. The van der Waals surface area contributed by atoms with Crippen molar-refractivity contribution in [2.45, 2.75) is 13.3 Å². The van der Waals surface area contributed by atoms with Crippen LogP contribution in [0, 0.1) is 6.92 Å². The Hall–Kier alpha value is -3.02. The topological polar surface area (TPSA) is 73.9 Å². The van der Waals surface area contributed by atoms with Crippen LogP contribution in [0.15, 0.2) is 42.5 Å². The lowest BCUT2D eigenvalue weighted by atomic mass is 10.2. The Morgan fingerprint density at radius 3 is 2.68 bits per heavy atom. The molecule has 2 aromatic carbocycles. The number of anilines is 1. The summed E-state index contributed by atoms with van der Waals surface area (Å²) in [5, 5.41) is 2.69. The first kappa shape index (κ1) is 16.8. The number of aryl methyl sites for hydroxylation is 1. The van der Waals surface area contributed by atoms with Gasteiger partial charge in [0.2, 0.25) is 0 Å². The molecule has 0 saturated carbocycles. The average molecular weight is 341 g/mol. The summed E-state index contributed by atoms with van der Waals surface area (Å²) in [5.74, 6) is 0.130. The van der Waals surface area contributed by atoms with Gasteiger partial charge in [-0.3, -0.25) is 4.79 Å². The predicted molar refractivity (Wildman–Crippen MR) is 92.1 cm³/mol. The Labute approximate surface area is 145 Å². The van der Waals surface area contributed by atoms with Crippen molar-refractivity contribution in [2.75, 3.05) is 25.1 Å². The highest BCUT2D eigenvalue weighted by Gasteiger charge is 2.16. The summed E-state index contributed by atoms with van der Waals surface area (Å²) in [7, 11) is 0. The first-order chi connectivity index (χ1) is 12.1. The first-order valence-corrected chi connectivity index (χ1v) is 8.05. The molecule has 6 nitrogen and oxygen atoms in total. The molecule has 0 bridgehead atoms. The van der Waals surface area contributed by atoms with Crippen LogP contribution in [0.25, 0.3) is 0 Å². The Morgan fingerprint density at radius 2 is 1.88 bits per heavy atom. The third-order valence-electron chi connectivity index (χ3n) is 3.62. The molecule has 1 N–H and O–H groups in total. The lowest BCUT2D eigenvalue weighted by molar-refractivity contribution is -0.119. The van der Waals surface area contributed by atoms with Crippen LogP contribution in [0.5, 0.6) is 11.5 Å². The largest absolute Gasteiger partial charge is 0.490 e. The quantitative estimate of drug-likeness (QED) is 0.866. The SMILES string of the molecule is Cc1cccc(NC(=O)COC(=O)c2ccc3c(c2)OCCCO3)c1. The Morgan fingerprint density at radius 1 is 1.08 bits per heavy atom. The predicted octanol–water partition coefficient (Wildman–Crippen LogP) is 2.95. The van der Waals surface area contributed by atoms with E-state index in [9.17, 15) is 9.59 Å². The number of benzene rings is 2. The van der Waals surface area contributed by atoms with Crippen LogP contribution in [0.4, 0.5) is 5.69 Å². The molecule has 0 atom stereocenters. The summed E-state index contributed by atoms with van der Waals surface area (Å²) in [6.45, 7) is 2.68. The molecule has 0 spiro atoms. The van der Waals surface area contributed by atoms with Gasteiger partial charge in [0.1, 0.15) is 0 Å². The molecule has 1 aliphatic rings. The van der Waals surface area contributed by atoms with Gasteiger partial charge in [0.05, 0.1) is 18.8 Å². The molecular formula is C19H19NO5. The zero-order valence-electron chi connectivity index (χ0n) is 13.9. The summed E-state index contributed by atoms with van der Waals surface area (Å²) >= 11 is 0. The van der Waals surface area contributed by atoms with E-state index in [1.54, 1.807) is 24.3 Å². The number of carbonyl (C=O) groups is 2. The molecule has 0 aliphatic carbocycles. The fourth-order valence-electron chi connectivity index (χ4n) is 2.42. The van der Waals surface area contributed by atoms with E-state index in [1.807, 2.05) is 25.1 Å². The molecule has 2 aromatic rings. The second-order valence-corrected chi connectivity index (χ2v) is 5.71. The van der Waals surface area contributed by atoms with Crippen molar-refractivity contribution in [1.29, 1.82) is 0 Å². The van der Waals surface area contributed by atoms with Gasteiger partial charge in [0.15, 0.2) is 18.1 Å². The van der Waals surface area contributed by atoms with Gasteiger partial charge < -0.3 is 19.5 Å². The highest BCUT2D eigenvalue weighted by molar-refractivity contribution is 5.95. The number of hydrogen-bond acceptors (Lipinski definition) is 5. The van der Waals surface area contributed by atoms with Crippen LogP contribution in [0.2, 0.25) is 0 Å². The second kappa shape index (κ2) is 7.70. The molecular weight excluding hydrogens is 322 g/mol. The van der Waals surface area contributed by atoms with E-state index in [2.05, 4.69) is 5.32 Å². The molecule has 130 valence electrons. The summed E-state index contributed by atoms with van der Waals surface area (Å²) in [5.41, 5.74) is 2.01. The Balaban J connectivity index is 1.57. The lowest BCUT2D eigenvalue weighted by Gasteiger charge is -2.10. The van der Waals surface area contributed by atoms with Crippen molar-refractivity contribution >= 4 is 17.6 Å². The number of ether oxygens (including phenoxy) is 3. The van der Waals surface area contributed by atoms with Crippen molar-refractivity contribution in [2.24, 2.45) is 0 Å². The number of hydrogen-bond donors (Lipinski definition) is 1. The highest BCUT2D eigenvalue weighted by atomic mass is 16.5. The molecule has 3 rings (SSSR count).